The molecule has 3 aliphatic rings. The lowest BCUT2D eigenvalue weighted by Gasteiger charge is -2.34. The highest BCUT2D eigenvalue weighted by molar-refractivity contribution is 7.94. The van der Waals surface area contributed by atoms with Gasteiger partial charge in [-0.1, -0.05) is 41.0 Å². The molecule has 0 spiro atoms. The Morgan fingerprint density at radius 3 is 2.04 bits per heavy atom. The molecule has 13 heteroatoms. The smallest absolute Gasteiger partial charge is 0.408 e. The summed E-state index contributed by atoms with van der Waals surface area (Å²) in [7, 11) is 5.07. The Balaban J connectivity index is 0. The summed E-state index contributed by atoms with van der Waals surface area (Å²) in [6, 6.07) is -0.129. The van der Waals surface area contributed by atoms with Crippen LogP contribution in [-0.2, 0) is 33.4 Å². The molecule has 0 saturated carbocycles. The van der Waals surface area contributed by atoms with Gasteiger partial charge >= 0.3 is 12.1 Å². The van der Waals surface area contributed by atoms with Gasteiger partial charge in [0.1, 0.15) is 24.1 Å². The van der Waals surface area contributed by atoms with Crippen LogP contribution in [0.5, 0.6) is 0 Å². The molecule has 12 nitrogen and oxygen atoms in total. The van der Waals surface area contributed by atoms with Gasteiger partial charge in [0.05, 0.1) is 12.1 Å². The number of hydrogen-bond acceptors (Lipinski definition) is 11. The summed E-state index contributed by atoms with van der Waals surface area (Å²) in [5.74, 6) is -2.12. The number of rotatable bonds is 1. The first-order valence-corrected chi connectivity index (χ1v) is 16.2. The maximum atomic E-state index is 12.9. The minimum absolute atomic E-state index is 0.0296. The van der Waals surface area contributed by atoms with E-state index in [4.69, 9.17) is 24.1 Å². The molecule has 0 aliphatic carbocycles. The van der Waals surface area contributed by atoms with Gasteiger partial charge in [-0.3, -0.25) is 19.2 Å². The van der Waals surface area contributed by atoms with Gasteiger partial charge in [-0.15, -0.1) is 12.6 Å². The molecule has 1 amide bonds. The molecule has 3 fully saturated rings. The van der Waals surface area contributed by atoms with Crippen molar-refractivity contribution in [2.75, 3.05) is 27.8 Å². The van der Waals surface area contributed by atoms with Crippen molar-refractivity contribution in [1.82, 2.24) is 10.2 Å². The number of carbonyl (C=O) groups is 5. The fourth-order valence-electron chi connectivity index (χ4n) is 5.40. The Morgan fingerprint density at radius 1 is 1.02 bits per heavy atom. The molecule has 0 aromatic rings. The first-order chi connectivity index (χ1) is 21.0. The molecular weight excluding hydrogens is 604 g/mol. The van der Waals surface area contributed by atoms with Gasteiger partial charge in [-0.05, 0) is 60.0 Å². The third-order valence-corrected chi connectivity index (χ3v) is 7.87. The second-order valence-electron chi connectivity index (χ2n) is 12.4. The molecule has 0 bridgehead atoms. The number of amides is 1. The van der Waals surface area contributed by atoms with Crippen molar-refractivity contribution >= 4 is 41.9 Å². The summed E-state index contributed by atoms with van der Waals surface area (Å²) in [4.78, 5) is 59.9. The van der Waals surface area contributed by atoms with Gasteiger partial charge in [0.15, 0.2) is 17.5 Å². The summed E-state index contributed by atoms with van der Waals surface area (Å²) in [6.07, 6.45) is 3.56. The maximum absolute atomic E-state index is 12.9. The molecule has 3 N–H and O–H groups in total. The average Bonchev–Trinajstić information content (AvgIpc) is 3.28. The molecule has 3 heterocycles. The third-order valence-electron chi connectivity index (χ3n) is 7.87. The number of aliphatic hydroxyl groups excluding tert-OH is 2. The second kappa shape index (κ2) is 23.3. The Kier molecular flexibility index (Phi) is 23.3. The number of cyclic esters (lactones) is 1. The van der Waals surface area contributed by atoms with Crippen molar-refractivity contribution in [3.05, 3.63) is 0 Å². The Morgan fingerprint density at radius 2 is 1.56 bits per heavy atom. The molecule has 9 atom stereocenters. The number of aliphatic hydroxyl groups is 2. The van der Waals surface area contributed by atoms with E-state index < -0.39 is 41.8 Å². The zero-order valence-corrected chi connectivity index (χ0v) is 30.1. The van der Waals surface area contributed by atoms with E-state index >= 15 is 0 Å². The van der Waals surface area contributed by atoms with Crippen molar-refractivity contribution in [1.29, 1.82) is 0 Å². The van der Waals surface area contributed by atoms with Crippen LogP contribution < -0.4 is 5.32 Å². The van der Waals surface area contributed by atoms with Crippen LogP contribution in [0, 0.1) is 23.7 Å². The molecule has 6 unspecified atom stereocenters. The van der Waals surface area contributed by atoms with E-state index in [1.54, 1.807) is 13.8 Å². The van der Waals surface area contributed by atoms with Gasteiger partial charge < -0.3 is 34.6 Å². The third kappa shape index (κ3) is 16.4. The van der Waals surface area contributed by atoms with Crippen LogP contribution in [0.25, 0.3) is 0 Å². The minimum atomic E-state index is -1.15. The Labute approximate surface area is 275 Å². The first kappa shape index (κ1) is 45.1. The van der Waals surface area contributed by atoms with Crippen molar-refractivity contribution in [3.8, 4) is 0 Å². The van der Waals surface area contributed by atoms with Crippen LogP contribution in [0.1, 0.15) is 93.9 Å². The zero-order chi connectivity index (χ0) is 35.5. The largest absolute Gasteiger partial charge is 0.461 e. The van der Waals surface area contributed by atoms with Crippen molar-refractivity contribution < 1.29 is 48.4 Å². The quantitative estimate of drug-likeness (QED) is 0.139. The van der Waals surface area contributed by atoms with Crippen molar-refractivity contribution in [2.24, 2.45) is 23.7 Å². The first-order valence-electron chi connectivity index (χ1n) is 15.7. The van der Waals surface area contributed by atoms with Gasteiger partial charge in [0.2, 0.25) is 0 Å². The lowest BCUT2D eigenvalue weighted by molar-refractivity contribution is -0.172. The molecule has 0 radical (unpaired) electrons. The van der Waals surface area contributed by atoms with Crippen LogP contribution >= 0.6 is 12.6 Å². The van der Waals surface area contributed by atoms with Crippen molar-refractivity contribution in [2.45, 2.75) is 124 Å². The molecule has 3 rings (SSSR count). The van der Waals surface area contributed by atoms with Crippen LogP contribution in [0.2, 0.25) is 0 Å². The summed E-state index contributed by atoms with van der Waals surface area (Å²) in [5.41, 5.74) is -0.708. The number of ketones is 2. The maximum Gasteiger partial charge on any atom is 0.408 e. The van der Waals surface area contributed by atoms with Crippen LogP contribution in [0.4, 0.5) is 4.79 Å². The number of carbonyl (C=O) groups excluding carboxylic acids is 5. The van der Waals surface area contributed by atoms with Crippen molar-refractivity contribution in [3.63, 3.8) is 0 Å². The monoisotopic (exact) mass is 664 g/mol. The van der Waals surface area contributed by atoms with E-state index in [2.05, 4.69) is 36.7 Å². The zero-order valence-electron chi connectivity index (χ0n) is 29.2. The Hall–Kier alpha value is -2.06. The van der Waals surface area contributed by atoms with Gasteiger partial charge in [-0.2, -0.15) is 0 Å². The highest BCUT2D eigenvalue weighted by Gasteiger charge is 2.51. The predicted molar refractivity (Wildman–Crippen MR) is 176 cm³/mol. The number of fused-ring (bicyclic) bond motifs is 1. The number of nitrogens with one attached hydrogen (secondary N) is 1. The van der Waals surface area contributed by atoms with Gasteiger partial charge in [0, 0.05) is 37.8 Å². The molecule has 45 heavy (non-hydrogen) atoms. The second-order valence-corrected chi connectivity index (χ2v) is 12.6. The van der Waals surface area contributed by atoms with Gasteiger partial charge in [0.25, 0.3) is 0 Å². The predicted octanol–water partition coefficient (Wildman–Crippen LogP) is 3.83. The molecule has 3 aliphatic heterocycles. The number of ether oxygens (including phenoxy) is 3. The topological polar surface area (TPSA) is 169 Å². The Bertz CT molecular complexity index is 895. The number of thiol groups is 1. The number of alkyl carbamates (subject to hydrolysis) is 1. The molecule has 3 saturated heterocycles. The number of hydrogen-bond donors (Lipinski definition) is 4. The molecule has 0 aromatic carbocycles. The SMILES string of the molecule is CC1C(=O)CC[C@@H](C)C[C@@H](C)C(=O)C(C)C2NC(=O)O[C@]2(C)COC1=O.CC1CC(N(C)C)CC(O)O1.CCC.CO.O=CS. The van der Waals surface area contributed by atoms with E-state index in [0.717, 1.165) is 20.0 Å². The summed E-state index contributed by atoms with van der Waals surface area (Å²) < 4.78 is 15.8. The normalized spacial score (nSPS) is 33.7. The number of Topliss-reactive ketones (excluding diaryl/α,β-unsaturated/α-hetero) is 2. The van der Waals surface area contributed by atoms with E-state index in [9.17, 15) is 24.3 Å². The molecule has 264 valence electrons. The highest BCUT2D eigenvalue weighted by atomic mass is 32.1. The lowest BCUT2D eigenvalue weighted by atomic mass is 9.79. The number of nitrogens with zero attached hydrogens (tertiary/aromatic N) is 1. The fourth-order valence-corrected chi connectivity index (χ4v) is 5.40. The van der Waals surface area contributed by atoms with Gasteiger partial charge in [-0.25, -0.2) is 4.79 Å². The molecule has 0 aromatic heterocycles. The number of esters is 1. The summed E-state index contributed by atoms with van der Waals surface area (Å²) >= 11 is 3.11. The van der Waals surface area contributed by atoms with E-state index in [1.807, 2.05) is 34.9 Å². The lowest BCUT2D eigenvalue weighted by Crippen LogP contribution is -2.52. The molecular formula is C32H60N2O10S. The average molecular weight is 665 g/mol. The minimum Gasteiger partial charge on any atom is -0.461 e. The van der Waals surface area contributed by atoms with Crippen LogP contribution in [-0.4, -0.2) is 102 Å². The van der Waals surface area contributed by atoms with Crippen LogP contribution in [0.3, 0.4) is 0 Å². The van der Waals surface area contributed by atoms with E-state index in [1.165, 1.54) is 13.3 Å². The van der Waals surface area contributed by atoms with Crippen LogP contribution in [0.15, 0.2) is 0 Å². The fraction of sp³-hybridized carbons (Fsp3) is 0.844. The van der Waals surface area contributed by atoms with E-state index in [-0.39, 0.29) is 42.5 Å². The highest BCUT2D eigenvalue weighted by Crippen LogP contribution is 2.32. The summed E-state index contributed by atoms with van der Waals surface area (Å²) in [6.45, 7) is 14.9. The summed E-state index contributed by atoms with van der Waals surface area (Å²) in [5, 5.41) is 18.9. The van der Waals surface area contributed by atoms with E-state index in [0.29, 0.717) is 24.5 Å². The standard InChI is InChI=1S/C19H29NO6.C8H17NO2.C3H8.CH2OS.CH4O/c1-10-6-7-14(21)12(3)17(23)25-9-19(5)16(20-18(24)26-19)13(4)15(22)11(2)8-10;1-6-4-7(9(2)3)5-8(10)11-6;1-3-2;2-1-3;1-2/h10-13,16H,6-9H2,1-5H3,(H,20,24);6-8,10H,4-5H2,1-3H3;3H2,1-2H3;1H,(H,2,3);2H,1H3/t10-,11-,12?,13?,16?,19-;;;;/m1..../s1.